The third-order valence-corrected chi connectivity index (χ3v) is 4.54. The lowest BCUT2D eigenvalue weighted by atomic mass is 10.2. The molecule has 7 nitrogen and oxygen atoms in total. The van der Waals surface area contributed by atoms with Crippen LogP contribution in [0.15, 0.2) is 51.6 Å². The third kappa shape index (κ3) is 3.11. The highest BCUT2D eigenvalue weighted by Crippen LogP contribution is 2.26. The minimum Gasteiger partial charge on any atom is -0.497 e. The molecule has 0 unspecified atom stereocenters. The van der Waals surface area contributed by atoms with Crippen molar-refractivity contribution >= 4 is 17.9 Å². The molecule has 0 amide bonds. The number of aromatic nitrogens is 2. The molecule has 4 rings (SSSR count). The fraction of sp³-hybridized carbons (Fsp3) is 0.190. The Labute approximate surface area is 161 Å². The first-order valence-electron chi connectivity index (χ1n) is 8.76. The molecule has 0 N–H and O–H groups in total. The molecule has 7 heteroatoms. The number of carbonyl (C=O) groups is 1. The lowest BCUT2D eigenvalue weighted by Gasteiger charge is -2.03. The molecule has 0 spiro atoms. The van der Waals surface area contributed by atoms with Crippen molar-refractivity contribution in [3.63, 3.8) is 0 Å². The zero-order valence-corrected chi connectivity index (χ0v) is 16.0. The van der Waals surface area contributed by atoms with Gasteiger partial charge in [0.2, 0.25) is 5.90 Å². The number of cyclic esters (lactones) is 1. The Hall–Kier alpha value is -3.61. The summed E-state index contributed by atoms with van der Waals surface area (Å²) in [5, 5.41) is 4.07. The van der Waals surface area contributed by atoms with Crippen molar-refractivity contribution in [2.75, 3.05) is 7.11 Å². The molecule has 0 radical (unpaired) electrons. The second-order valence-corrected chi connectivity index (χ2v) is 6.53. The van der Waals surface area contributed by atoms with Gasteiger partial charge in [-0.15, -0.1) is 0 Å². The number of esters is 1. The number of benzene rings is 1. The highest BCUT2D eigenvalue weighted by molar-refractivity contribution is 6.13. The second kappa shape index (κ2) is 6.84. The average Bonchev–Trinajstić information content (AvgIpc) is 3.34. The molecule has 0 saturated heterocycles. The fourth-order valence-electron chi connectivity index (χ4n) is 3.18. The van der Waals surface area contributed by atoms with Gasteiger partial charge in [0.15, 0.2) is 11.5 Å². The van der Waals surface area contributed by atoms with E-state index in [0.29, 0.717) is 17.1 Å². The summed E-state index contributed by atoms with van der Waals surface area (Å²) >= 11 is 0. The Bertz CT molecular complexity index is 1130. The predicted octanol–water partition coefficient (Wildman–Crippen LogP) is 3.74. The van der Waals surface area contributed by atoms with Crippen molar-refractivity contribution in [1.82, 2.24) is 9.72 Å². The maximum absolute atomic E-state index is 12.3. The number of hydrogen-bond acceptors (Lipinski definition) is 6. The number of hydrogen-bond donors (Lipinski definition) is 0. The van der Waals surface area contributed by atoms with E-state index < -0.39 is 5.97 Å². The van der Waals surface area contributed by atoms with Crippen molar-refractivity contribution in [2.24, 2.45) is 4.99 Å². The molecule has 3 aromatic rings. The van der Waals surface area contributed by atoms with Crippen molar-refractivity contribution in [1.29, 1.82) is 0 Å². The summed E-state index contributed by atoms with van der Waals surface area (Å²) in [7, 11) is 1.58. The molecule has 3 heterocycles. The van der Waals surface area contributed by atoms with Crippen LogP contribution < -0.4 is 4.74 Å². The molecule has 0 saturated carbocycles. The maximum atomic E-state index is 12.3. The van der Waals surface area contributed by atoms with E-state index in [-0.39, 0.29) is 11.6 Å². The van der Waals surface area contributed by atoms with Crippen LogP contribution in [0.2, 0.25) is 0 Å². The van der Waals surface area contributed by atoms with Crippen LogP contribution in [0.25, 0.3) is 11.9 Å². The average molecular weight is 377 g/mol. The molecule has 1 aliphatic heterocycles. The standard InChI is InChI=1S/C21H19N3O4/c1-12-8-16(14(3)24(12)19-9-13(2)28-23-19)11-18-21(25)27-20(22-18)15-6-5-7-17(10-15)26-4/h5-11H,1-4H3/b18-11-. The molecule has 0 fully saturated rings. The Morgan fingerprint density at radius 2 is 1.96 bits per heavy atom. The van der Waals surface area contributed by atoms with E-state index >= 15 is 0 Å². The van der Waals surface area contributed by atoms with E-state index in [9.17, 15) is 4.79 Å². The predicted molar refractivity (Wildman–Crippen MR) is 104 cm³/mol. The minimum absolute atomic E-state index is 0.245. The first kappa shape index (κ1) is 17.8. The number of aryl methyl sites for hydroxylation is 2. The molecule has 0 aliphatic carbocycles. The summed E-state index contributed by atoms with van der Waals surface area (Å²) in [6, 6.07) is 11.1. The highest BCUT2D eigenvalue weighted by Gasteiger charge is 2.25. The summed E-state index contributed by atoms with van der Waals surface area (Å²) in [5.74, 6) is 1.87. The zero-order chi connectivity index (χ0) is 19.8. The molecule has 0 atom stereocenters. The van der Waals surface area contributed by atoms with E-state index in [1.54, 1.807) is 19.3 Å². The first-order chi connectivity index (χ1) is 13.5. The Morgan fingerprint density at radius 1 is 1.14 bits per heavy atom. The summed E-state index contributed by atoms with van der Waals surface area (Å²) in [5.41, 5.74) is 3.69. The Morgan fingerprint density at radius 3 is 2.68 bits per heavy atom. The number of carbonyl (C=O) groups excluding carboxylic acids is 1. The normalized spacial score (nSPS) is 15.1. The molecular formula is C21H19N3O4. The van der Waals surface area contributed by atoms with Crippen LogP contribution in [0.1, 0.15) is 28.3 Å². The van der Waals surface area contributed by atoms with Gasteiger partial charge in [-0.2, -0.15) is 0 Å². The monoisotopic (exact) mass is 377 g/mol. The smallest absolute Gasteiger partial charge is 0.363 e. The Balaban J connectivity index is 1.71. The molecular weight excluding hydrogens is 358 g/mol. The van der Waals surface area contributed by atoms with Crippen LogP contribution in [-0.4, -0.2) is 28.7 Å². The lowest BCUT2D eigenvalue weighted by Crippen LogP contribution is -2.05. The number of rotatable bonds is 4. The first-order valence-corrected chi connectivity index (χ1v) is 8.76. The van der Waals surface area contributed by atoms with E-state index in [2.05, 4.69) is 10.1 Å². The molecule has 0 bridgehead atoms. The number of methoxy groups -OCH3 is 1. The summed E-state index contributed by atoms with van der Waals surface area (Å²) in [4.78, 5) is 16.7. The van der Waals surface area contributed by atoms with Gasteiger partial charge in [-0.1, -0.05) is 11.2 Å². The van der Waals surface area contributed by atoms with E-state index in [1.165, 1.54) is 0 Å². The van der Waals surface area contributed by atoms with E-state index in [1.807, 2.05) is 55.7 Å². The van der Waals surface area contributed by atoms with Crippen LogP contribution in [0.5, 0.6) is 5.75 Å². The van der Waals surface area contributed by atoms with Gasteiger partial charge in [-0.05, 0) is 56.7 Å². The summed E-state index contributed by atoms with van der Waals surface area (Å²) in [6.45, 7) is 5.77. The van der Waals surface area contributed by atoms with Gasteiger partial charge in [0.25, 0.3) is 0 Å². The molecule has 1 aromatic carbocycles. The topological polar surface area (TPSA) is 78.9 Å². The van der Waals surface area contributed by atoms with E-state index in [0.717, 1.165) is 22.7 Å². The zero-order valence-electron chi connectivity index (χ0n) is 16.0. The summed E-state index contributed by atoms with van der Waals surface area (Å²) < 4.78 is 17.7. The SMILES string of the molecule is COc1cccc(C2=N/C(=C\c3cc(C)n(-c4cc(C)on4)c3C)C(=O)O2)c1. The van der Waals surface area contributed by atoms with Crippen LogP contribution >= 0.6 is 0 Å². The van der Waals surface area contributed by atoms with Crippen molar-refractivity contribution in [3.8, 4) is 11.6 Å². The molecule has 28 heavy (non-hydrogen) atoms. The minimum atomic E-state index is -0.486. The van der Waals surface area contributed by atoms with Crippen LogP contribution in [0.4, 0.5) is 0 Å². The largest absolute Gasteiger partial charge is 0.497 e. The number of nitrogens with zero attached hydrogens (tertiary/aromatic N) is 3. The molecule has 142 valence electrons. The summed E-state index contributed by atoms with van der Waals surface area (Å²) in [6.07, 6.45) is 1.72. The van der Waals surface area contributed by atoms with Gasteiger partial charge in [0, 0.05) is 23.0 Å². The second-order valence-electron chi connectivity index (χ2n) is 6.53. The third-order valence-electron chi connectivity index (χ3n) is 4.54. The quantitative estimate of drug-likeness (QED) is 0.511. The highest BCUT2D eigenvalue weighted by atomic mass is 16.6. The van der Waals surface area contributed by atoms with Gasteiger partial charge in [0.1, 0.15) is 11.5 Å². The van der Waals surface area contributed by atoms with Crippen LogP contribution in [0.3, 0.4) is 0 Å². The lowest BCUT2D eigenvalue weighted by molar-refractivity contribution is -0.129. The van der Waals surface area contributed by atoms with Crippen LogP contribution in [-0.2, 0) is 9.53 Å². The molecule has 1 aliphatic rings. The fourth-order valence-corrected chi connectivity index (χ4v) is 3.18. The van der Waals surface area contributed by atoms with Gasteiger partial charge in [-0.3, -0.25) is 4.57 Å². The van der Waals surface area contributed by atoms with Gasteiger partial charge in [-0.25, -0.2) is 9.79 Å². The van der Waals surface area contributed by atoms with Crippen molar-refractivity contribution < 1.29 is 18.8 Å². The van der Waals surface area contributed by atoms with Crippen LogP contribution in [0, 0.1) is 20.8 Å². The molecule has 2 aromatic heterocycles. The number of ether oxygens (including phenoxy) is 2. The number of aliphatic imine (C=N–C) groups is 1. The van der Waals surface area contributed by atoms with Gasteiger partial charge < -0.3 is 14.0 Å². The Kier molecular flexibility index (Phi) is 4.35. The maximum Gasteiger partial charge on any atom is 0.363 e. The van der Waals surface area contributed by atoms with Crippen molar-refractivity contribution in [2.45, 2.75) is 20.8 Å². The van der Waals surface area contributed by atoms with Gasteiger partial charge in [0.05, 0.1) is 7.11 Å². The van der Waals surface area contributed by atoms with E-state index in [4.69, 9.17) is 14.0 Å². The van der Waals surface area contributed by atoms with Crippen molar-refractivity contribution in [3.05, 3.63) is 70.4 Å². The van der Waals surface area contributed by atoms with Gasteiger partial charge >= 0.3 is 5.97 Å².